The van der Waals surface area contributed by atoms with E-state index in [1.807, 2.05) is 45.0 Å². The number of hydrogen-bond donors (Lipinski definition) is 1. The average Bonchev–Trinajstić information content (AvgIpc) is 2.46. The molecular formula is C16H25N3O3S. The summed E-state index contributed by atoms with van der Waals surface area (Å²) in [5.41, 5.74) is 1.30. The average molecular weight is 339 g/mol. The van der Waals surface area contributed by atoms with Gasteiger partial charge in [-0.05, 0) is 18.2 Å². The molecule has 23 heavy (non-hydrogen) atoms. The molecule has 0 bridgehead atoms. The zero-order valence-electron chi connectivity index (χ0n) is 14.2. The highest BCUT2D eigenvalue weighted by Gasteiger charge is 2.24. The van der Waals surface area contributed by atoms with Crippen LogP contribution in [0.15, 0.2) is 24.3 Å². The smallest absolute Gasteiger partial charge is 0.229 e. The molecule has 0 saturated carbocycles. The van der Waals surface area contributed by atoms with E-state index in [4.69, 9.17) is 0 Å². The van der Waals surface area contributed by atoms with Crippen molar-refractivity contribution in [3.05, 3.63) is 24.3 Å². The van der Waals surface area contributed by atoms with Crippen molar-refractivity contribution < 1.29 is 13.2 Å². The maximum atomic E-state index is 12.1. The van der Waals surface area contributed by atoms with Gasteiger partial charge in [0, 0.05) is 43.0 Å². The molecule has 1 N–H and O–H groups in total. The second-order valence-electron chi connectivity index (χ2n) is 6.90. The molecule has 2 rings (SSSR count). The molecule has 0 aromatic heterocycles. The highest BCUT2D eigenvalue weighted by Crippen LogP contribution is 2.23. The first-order valence-corrected chi connectivity index (χ1v) is 9.54. The molecule has 1 amide bonds. The molecule has 1 aromatic rings. The Morgan fingerprint density at radius 3 is 2.26 bits per heavy atom. The summed E-state index contributed by atoms with van der Waals surface area (Å²) in [6.45, 7) is 7.87. The molecule has 0 aliphatic carbocycles. The van der Waals surface area contributed by atoms with Gasteiger partial charge in [-0.2, -0.15) is 4.31 Å². The van der Waals surface area contributed by atoms with Gasteiger partial charge in [0.15, 0.2) is 0 Å². The van der Waals surface area contributed by atoms with Gasteiger partial charge in [-0.3, -0.25) is 4.79 Å². The van der Waals surface area contributed by atoms with Crippen molar-refractivity contribution in [1.82, 2.24) is 4.31 Å². The molecule has 128 valence electrons. The van der Waals surface area contributed by atoms with Gasteiger partial charge < -0.3 is 10.2 Å². The van der Waals surface area contributed by atoms with Gasteiger partial charge in [0.1, 0.15) is 0 Å². The van der Waals surface area contributed by atoms with Crippen LogP contribution in [0, 0.1) is 5.41 Å². The van der Waals surface area contributed by atoms with Gasteiger partial charge in [-0.15, -0.1) is 0 Å². The van der Waals surface area contributed by atoms with Crippen molar-refractivity contribution in [3.63, 3.8) is 0 Å². The van der Waals surface area contributed by atoms with E-state index in [1.54, 1.807) is 0 Å². The minimum Gasteiger partial charge on any atom is -0.369 e. The summed E-state index contributed by atoms with van der Waals surface area (Å²) in [6.07, 6.45) is 1.24. The summed E-state index contributed by atoms with van der Waals surface area (Å²) in [7, 11) is -3.12. The Kier molecular flexibility index (Phi) is 5.01. The molecule has 7 heteroatoms. The Bertz CT molecular complexity index is 672. The molecule has 1 saturated heterocycles. The molecule has 6 nitrogen and oxygen atoms in total. The Labute approximate surface area is 138 Å². The zero-order chi connectivity index (χ0) is 17.3. The van der Waals surface area contributed by atoms with E-state index in [0.29, 0.717) is 26.2 Å². The van der Waals surface area contributed by atoms with Crippen LogP contribution in [0.1, 0.15) is 20.8 Å². The van der Waals surface area contributed by atoms with Crippen molar-refractivity contribution in [2.24, 2.45) is 5.41 Å². The first kappa shape index (κ1) is 17.7. The number of anilines is 2. The molecule has 1 heterocycles. The summed E-state index contributed by atoms with van der Waals surface area (Å²) in [5, 5.41) is 2.92. The number of rotatable bonds is 3. The lowest BCUT2D eigenvalue weighted by Crippen LogP contribution is -2.48. The van der Waals surface area contributed by atoms with Gasteiger partial charge in [0.25, 0.3) is 0 Å². The molecule has 1 aromatic carbocycles. The number of amides is 1. The second-order valence-corrected chi connectivity index (χ2v) is 8.89. The maximum absolute atomic E-state index is 12.1. The Balaban J connectivity index is 2.05. The zero-order valence-corrected chi connectivity index (χ0v) is 15.0. The van der Waals surface area contributed by atoms with Crippen molar-refractivity contribution in [1.29, 1.82) is 0 Å². The van der Waals surface area contributed by atoms with Crippen LogP contribution < -0.4 is 10.2 Å². The van der Waals surface area contributed by atoms with Crippen LogP contribution in [-0.4, -0.2) is 51.1 Å². The lowest BCUT2D eigenvalue weighted by molar-refractivity contribution is -0.123. The minimum atomic E-state index is -3.12. The monoisotopic (exact) mass is 339 g/mol. The largest absolute Gasteiger partial charge is 0.369 e. The number of carbonyl (C=O) groups excluding carboxylic acids is 1. The Morgan fingerprint density at radius 1 is 1.13 bits per heavy atom. The molecule has 0 atom stereocenters. The molecule has 1 aliphatic rings. The van der Waals surface area contributed by atoms with Crippen LogP contribution >= 0.6 is 0 Å². The van der Waals surface area contributed by atoms with E-state index in [-0.39, 0.29) is 5.91 Å². The van der Waals surface area contributed by atoms with Gasteiger partial charge in [-0.25, -0.2) is 8.42 Å². The summed E-state index contributed by atoms with van der Waals surface area (Å²) in [5.74, 6) is -0.0310. The molecule has 1 aliphatic heterocycles. The summed E-state index contributed by atoms with van der Waals surface area (Å²) in [6, 6.07) is 7.67. The quantitative estimate of drug-likeness (QED) is 0.911. The number of piperazine rings is 1. The van der Waals surface area contributed by atoms with Crippen LogP contribution in [0.2, 0.25) is 0 Å². The molecule has 0 radical (unpaired) electrons. The summed E-state index contributed by atoms with van der Waals surface area (Å²) < 4.78 is 24.6. The van der Waals surface area contributed by atoms with E-state index >= 15 is 0 Å². The minimum absolute atomic E-state index is 0.0310. The van der Waals surface area contributed by atoms with E-state index in [9.17, 15) is 13.2 Å². The third kappa shape index (κ3) is 4.68. The molecule has 1 fully saturated rings. The standard InChI is InChI=1S/C16H25N3O3S/c1-16(2,3)15(20)17-13-6-5-7-14(12-13)18-8-10-19(11-9-18)23(4,21)22/h5-7,12H,8-11H2,1-4H3,(H,17,20). The van der Waals surface area contributed by atoms with E-state index in [1.165, 1.54) is 10.6 Å². The van der Waals surface area contributed by atoms with Crippen molar-refractivity contribution >= 4 is 27.3 Å². The van der Waals surface area contributed by atoms with Crippen molar-refractivity contribution in [3.8, 4) is 0 Å². The van der Waals surface area contributed by atoms with E-state index in [0.717, 1.165) is 11.4 Å². The van der Waals surface area contributed by atoms with Crippen LogP contribution in [0.3, 0.4) is 0 Å². The highest BCUT2D eigenvalue weighted by atomic mass is 32.2. The fourth-order valence-electron chi connectivity index (χ4n) is 2.38. The normalized spacial score (nSPS) is 17.1. The van der Waals surface area contributed by atoms with E-state index in [2.05, 4.69) is 10.2 Å². The molecule has 0 spiro atoms. The fraction of sp³-hybridized carbons (Fsp3) is 0.562. The number of carbonyl (C=O) groups is 1. The Hall–Kier alpha value is -1.60. The van der Waals surface area contributed by atoms with Crippen molar-refractivity contribution in [2.75, 3.05) is 42.7 Å². The number of sulfonamides is 1. The first-order valence-electron chi connectivity index (χ1n) is 7.69. The number of benzene rings is 1. The highest BCUT2D eigenvalue weighted by molar-refractivity contribution is 7.88. The second kappa shape index (κ2) is 6.49. The van der Waals surface area contributed by atoms with Gasteiger partial charge >= 0.3 is 0 Å². The number of hydrogen-bond acceptors (Lipinski definition) is 4. The third-order valence-corrected chi connectivity index (χ3v) is 5.16. The molecular weight excluding hydrogens is 314 g/mol. The van der Waals surface area contributed by atoms with Gasteiger partial charge in [-0.1, -0.05) is 26.8 Å². The van der Waals surface area contributed by atoms with Crippen LogP contribution in [0.4, 0.5) is 11.4 Å². The number of nitrogens with one attached hydrogen (secondary N) is 1. The third-order valence-electron chi connectivity index (χ3n) is 3.86. The van der Waals surface area contributed by atoms with Gasteiger partial charge in [0.05, 0.1) is 6.26 Å². The molecule has 0 unspecified atom stereocenters. The van der Waals surface area contributed by atoms with E-state index < -0.39 is 15.4 Å². The van der Waals surface area contributed by atoms with Crippen LogP contribution in [-0.2, 0) is 14.8 Å². The number of nitrogens with zero attached hydrogens (tertiary/aromatic N) is 2. The predicted octanol–water partition coefficient (Wildman–Crippen LogP) is 1.75. The SMILES string of the molecule is CC(C)(C)C(=O)Nc1cccc(N2CCN(S(C)(=O)=O)CC2)c1. The van der Waals surface area contributed by atoms with Crippen LogP contribution in [0.25, 0.3) is 0 Å². The van der Waals surface area contributed by atoms with Crippen LogP contribution in [0.5, 0.6) is 0 Å². The summed E-state index contributed by atoms with van der Waals surface area (Å²) >= 11 is 0. The summed E-state index contributed by atoms with van der Waals surface area (Å²) in [4.78, 5) is 14.2. The lowest BCUT2D eigenvalue weighted by atomic mass is 9.95. The van der Waals surface area contributed by atoms with Gasteiger partial charge in [0.2, 0.25) is 15.9 Å². The first-order chi connectivity index (χ1) is 10.6. The maximum Gasteiger partial charge on any atom is 0.229 e. The topological polar surface area (TPSA) is 69.7 Å². The predicted molar refractivity (Wildman–Crippen MR) is 93.2 cm³/mol. The fourth-order valence-corrected chi connectivity index (χ4v) is 3.20. The Morgan fingerprint density at radius 2 is 1.74 bits per heavy atom. The lowest BCUT2D eigenvalue weighted by Gasteiger charge is -2.35. The van der Waals surface area contributed by atoms with Crippen molar-refractivity contribution in [2.45, 2.75) is 20.8 Å².